The van der Waals surface area contributed by atoms with Gasteiger partial charge in [0.25, 0.3) is 0 Å². The number of para-hydroxylation sites is 1. The van der Waals surface area contributed by atoms with Crippen LogP contribution in [0.4, 0.5) is 23.1 Å². The molecule has 5 nitrogen and oxygen atoms in total. The fourth-order valence-electron chi connectivity index (χ4n) is 2.51. The summed E-state index contributed by atoms with van der Waals surface area (Å²) in [5, 5.41) is 6.47. The molecule has 1 heterocycles. The molecule has 0 radical (unpaired) electrons. The molecule has 0 amide bonds. The average Bonchev–Trinajstić information content (AvgIpc) is 2.65. The maximum atomic E-state index is 12.2. The molecule has 0 unspecified atom stereocenters. The number of rotatable bonds is 6. The highest BCUT2D eigenvalue weighted by Gasteiger charge is 2.07. The summed E-state index contributed by atoms with van der Waals surface area (Å²) >= 11 is 0. The van der Waals surface area contributed by atoms with E-state index in [0.717, 1.165) is 22.5 Å². The van der Waals surface area contributed by atoms with E-state index in [2.05, 4.69) is 20.6 Å². The maximum absolute atomic E-state index is 12.2. The molecule has 0 spiro atoms. The van der Waals surface area contributed by atoms with Gasteiger partial charge in [-0.25, -0.2) is 4.98 Å². The van der Waals surface area contributed by atoms with Crippen molar-refractivity contribution in [3.05, 3.63) is 83.6 Å². The molecule has 3 rings (SSSR count). The zero-order chi connectivity index (χ0) is 19.2. The van der Waals surface area contributed by atoms with Gasteiger partial charge in [-0.3, -0.25) is 4.79 Å². The zero-order valence-electron chi connectivity index (χ0n) is 15.7. The monoisotopic (exact) mass is 358 g/mol. The van der Waals surface area contributed by atoms with Gasteiger partial charge in [0.05, 0.1) is 0 Å². The topological polar surface area (TPSA) is 66.9 Å². The molecule has 27 heavy (non-hydrogen) atoms. The first-order valence-corrected chi connectivity index (χ1v) is 8.73. The predicted molar refractivity (Wildman–Crippen MR) is 110 cm³/mol. The van der Waals surface area contributed by atoms with Crippen molar-refractivity contribution >= 4 is 28.9 Å². The highest BCUT2D eigenvalue weighted by molar-refractivity contribution is 6.05. The number of benzene rings is 2. The van der Waals surface area contributed by atoms with Gasteiger partial charge in [0.2, 0.25) is 5.95 Å². The number of aryl methyl sites for hydroxylation is 1. The minimum Gasteiger partial charge on any atom is -0.340 e. The first-order chi connectivity index (χ1) is 13.0. The van der Waals surface area contributed by atoms with E-state index in [1.165, 1.54) is 0 Å². The number of hydrogen-bond donors (Lipinski definition) is 2. The molecule has 0 saturated heterocycles. The van der Waals surface area contributed by atoms with Gasteiger partial charge in [0.1, 0.15) is 5.82 Å². The first-order valence-electron chi connectivity index (χ1n) is 8.73. The SMILES string of the molecule is CC(C)=CC(=O)c1cccc(Nc2nc(Nc3ccccc3)ncc2C)c1. The number of ketones is 1. The van der Waals surface area contributed by atoms with Crippen LogP contribution in [0.2, 0.25) is 0 Å². The van der Waals surface area contributed by atoms with Gasteiger partial charge in [-0.2, -0.15) is 4.98 Å². The van der Waals surface area contributed by atoms with E-state index in [1.54, 1.807) is 12.3 Å². The third-order valence-electron chi connectivity index (χ3n) is 3.83. The van der Waals surface area contributed by atoms with Gasteiger partial charge in [-0.15, -0.1) is 0 Å². The summed E-state index contributed by atoms with van der Waals surface area (Å²) in [5.41, 5.74) is 4.24. The molecule has 0 bridgehead atoms. The molecule has 0 saturated carbocycles. The van der Waals surface area contributed by atoms with Crippen LogP contribution >= 0.6 is 0 Å². The second-order valence-corrected chi connectivity index (χ2v) is 6.51. The van der Waals surface area contributed by atoms with Crippen molar-refractivity contribution in [2.75, 3.05) is 10.6 Å². The third kappa shape index (κ3) is 5.01. The van der Waals surface area contributed by atoms with Crippen molar-refractivity contribution in [3.63, 3.8) is 0 Å². The number of anilines is 4. The van der Waals surface area contributed by atoms with Crippen molar-refractivity contribution in [1.29, 1.82) is 0 Å². The summed E-state index contributed by atoms with van der Waals surface area (Å²) in [6.45, 7) is 5.75. The molecule has 2 aromatic carbocycles. The number of hydrogen-bond acceptors (Lipinski definition) is 5. The van der Waals surface area contributed by atoms with Crippen LogP contribution in [0.5, 0.6) is 0 Å². The molecule has 0 aliphatic rings. The Morgan fingerprint density at radius 3 is 2.44 bits per heavy atom. The molecule has 1 aromatic heterocycles. The van der Waals surface area contributed by atoms with Gasteiger partial charge in [0.15, 0.2) is 5.78 Å². The lowest BCUT2D eigenvalue weighted by molar-refractivity contribution is 0.104. The second-order valence-electron chi connectivity index (χ2n) is 6.51. The molecule has 2 N–H and O–H groups in total. The lowest BCUT2D eigenvalue weighted by atomic mass is 10.1. The molecular weight excluding hydrogens is 336 g/mol. The summed E-state index contributed by atoms with van der Waals surface area (Å²) in [6.07, 6.45) is 3.40. The summed E-state index contributed by atoms with van der Waals surface area (Å²) in [6, 6.07) is 17.2. The number of nitrogens with zero attached hydrogens (tertiary/aromatic N) is 2. The van der Waals surface area contributed by atoms with Crippen LogP contribution in [0.3, 0.4) is 0 Å². The van der Waals surface area contributed by atoms with E-state index in [9.17, 15) is 4.79 Å². The van der Waals surface area contributed by atoms with Crippen LogP contribution in [0.25, 0.3) is 0 Å². The van der Waals surface area contributed by atoms with Crippen LogP contribution in [-0.2, 0) is 0 Å². The zero-order valence-corrected chi connectivity index (χ0v) is 15.7. The third-order valence-corrected chi connectivity index (χ3v) is 3.83. The Morgan fingerprint density at radius 1 is 0.963 bits per heavy atom. The first kappa shape index (κ1) is 18.3. The van der Waals surface area contributed by atoms with Crippen molar-refractivity contribution < 1.29 is 4.79 Å². The Balaban J connectivity index is 1.82. The molecule has 0 aliphatic carbocycles. The second kappa shape index (κ2) is 8.27. The van der Waals surface area contributed by atoms with Gasteiger partial charge in [0, 0.05) is 28.7 Å². The quantitative estimate of drug-likeness (QED) is 0.455. The fraction of sp³-hybridized carbons (Fsp3) is 0.136. The van der Waals surface area contributed by atoms with Gasteiger partial charge >= 0.3 is 0 Å². The molecule has 5 heteroatoms. The minimum atomic E-state index is -0.00973. The summed E-state index contributed by atoms with van der Waals surface area (Å²) in [5.74, 6) is 1.19. The van der Waals surface area contributed by atoms with Crippen molar-refractivity contribution in [2.24, 2.45) is 0 Å². The number of carbonyl (C=O) groups is 1. The van der Waals surface area contributed by atoms with E-state index in [1.807, 2.05) is 75.4 Å². The Morgan fingerprint density at radius 2 is 1.70 bits per heavy atom. The van der Waals surface area contributed by atoms with E-state index in [-0.39, 0.29) is 5.78 Å². The largest absolute Gasteiger partial charge is 0.340 e. The van der Waals surface area contributed by atoms with Crippen LogP contribution in [-0.4, -0.2) is 15.8 Å². The van der Waals surface area contributed by atoms with E-state index in [0.29, 0.717) is 17.3 Å². The van der Waals surface area contributed by atoms with Crippen LogP contribution in [0.15, 0.2) is 72.4 Å². The highest BCUT2D eigenvalue weighted by atomic mass is 16.1. The van der Waals surface area contributed by atoms with Gasteiger partial charge in [-0.1, -0.05) is 35.9 Å². The van der Waals surface area contributed by atoms with E-state index < -0.39 is 0 Å². The standard InChI is InChI=1S/C22H22N4O/c1-15(2)12-20(27)17-8-7-11-19(13-17)24-21-16(3)14-23-22(26-21)25-18-9-5-4-6-10-18/h4-14H,1-3H3,(H2,23,24,25,26). The maximum Gasteiger partial charge on any atom is 0.229 e. The van der Waals surface area contributed by atoms with Crippen LogP contribution in [0, 0.1) is 6.92 Å². The lowest BCUT2D eigenvalue weighted by Gasteiger charge is -2.11. The molecule has 0 aliphatic heterocycles. The van der Waals surface area contributed by atoms with E-state index in [4.69, 9.17) is 0 Å². The molecule has 136 valence electrons. The van der Waals surface area contributed by atoms with Crippen molar-refractivity contribution in [2.45, 2.75) is 20.8 Å². The van der Waals surface area contributed by atoms with Gasteiger partial charge < -0.3 is 10.6 Å². The van der Waals surface area contributed by atoms with Crippen molar-refractivity contribution in [3.8, 4) is 0 Å². The summed E-state index contributed by atoms with van der Waals surface area (Å²) in [7, 11) is 0. The summed E-state index contributed by atoms with van der Waals surface area (Å²) < 4.78 is 0. The Bertz CT molecular complexity index is 977. The normalized spacial score (nSPS) is 10.2. The molecule has 3 aromatic rings. The lowest BCUT2D eigenvalue weighted by Crippen LogP contribution is -2.03. The molecular formula is C22H22N4O. The summed E-state index contributed by atoms with van der Waals surface area (Å²) in [4.78, 5) is 21.1. The highest BCUT2D eigenvalue weighted by Crippen LogP contribution is 2.22. The van der Waals surface area contributed by atoms with Gasteiger partial charge in [-0.05, 0) is 51.1 Å². The number of carbonyl (C=O) groups excluding carboxylic acids is 1. The Labute approximate surface area is 159 Å². The Hall–Kier alpha value is -3.47. The smallest absolute Gasteiger partial charge is 0.229 e. The fourth-order valence-corrected chi connectivity index (χ4v) is 2.51. The molecule has 0 fully saturated rings. The van der Waals surface area contributed by atoms with E-state index >= 15 is 0 Å². The van der Waals surface area contributed by atoms with Crippen LogP contribution < -0.4 is 10.6 Å². The van der Waals surface area contributed by atoms with Crippen LogP contribution in [0.1, 0.15) is 29.8 Å². The number of allylic oxidation sites excluding steroid dienone is 2. The average molecular weight is 358 g/mol. The molecule has 0 atom stereocenters. The minimum absolute atomic E-state index is 0.00973. The predicted octanol–water partition coefficient (Wildman–Crippen LogP) is 5.42. The number of aromatic nitrogens is 2. The number of nitrogens with one attached hydrogen (secondary N) is 2. The Kier molecular flexibility index (Phi) is 5.61. The van der Waals surface area contributed by atoms with Crippen molar-refractivity contribution in [1.82, 2.24) is 9.97 Å².